The summed E-state index contributed by atoms with van der Waals surface area (Å²) in [5.74, 6) is -0.283. The second kappa shape index (κ2) is 5.22. The summed E-state index contributed by atoms with van der Waals surface area (Å²) < 4.78 is 14.7. The van der Waals surface area contributed by atoms with Crippen molar-refractivity contribution in [3.05, 3.63) is 66.1 Å². The Morgan fingerprint density at radius 2 is 1.70 bits per heavy atom. The fraction of sp³-hybridized carbons (Fsp3) is 0.0667. The number of hydrogen-bond acceptors (Lipinski definition) is 3. The van der Waals surface area contributed by atoms with Crippen LogP contribution >= 0.6 is 0 Å². The first-order valence-corrected chi connectivity index (χ1v) is 6.25. The van der Waals surface area contributed by atoms with Gasteiger partial charge in [-0.25, -0.2) is 9.07 Å². The zero-order valence-electron chi connectivity index (χ0n) is 10.7. The van der Waals surface area contributed by atoms with Crippen LogP contribution in [-0.4, -0.2) is 15.0 Å². The second-order valence-corrected chi connectivity index (χ2v) is 4.34. The molecule has 20 heavy (non-hydrogen) atoms. The molecule has 0 amide bonds. The van der Waals surface area contributed by atoms with Gasteiger partial charge < -0.3 is 5.73 Å². The van der Waals surface area contributed by atoms with Crippen LogP contribution in [0.25, 0.3) is 16.9 Å². The first kappa shape index (κ1) is 12.5. The zero-order chi connectivity index (χ0) is 13.9. The molecular weight excluding hydrogens is 255 g/mol. The lowest BCUT2D eigenvalue weighted by Gasteiger charge is -2.07. The first-order valence-electron chi connectivity index (χ1n) is 6.25. The summed E-state index contributed by atoms with van der Waals surface area (Å²) in [7, 11) is 0. The van der Waals surface area contributed by atoms with Crippen molar-refractivity contribution >= 4 is 0 Å². The van der Waals surface area contributed by atoms with E-state index in [1.807, 2.05) is 30.3 Å². The molecule has 0 bridgehead atoms. The van der Waals surface area contributed by atoms with Crippen molar-refractivity contribution in [3.63, 3.8) is 0 Å². The van der Waals surface area contributed by atoms with E-state index >= 15 is 0 Å². The fourth-order valence-corrected chi connectivity index (χ4v) is 2.10. The molecule has 0 atom stereocenters. The van der Waals surface area contributed by atoms with E-state index in [9.17, 15) is 4.39 Å². The summed E-state index contributed by atoms with van der Waals surface area (Å²) in [6.07, 6.45) is 0. The van der Waals surface area contributed by atoms with Crippen molar-refractivity contribution in [2.45, 2.75) is 6.54 Å². The van der Waals surface area contributed by atoms with Gasteiger partial charge in [0.05, 0.1) is 11.4 Å². The van der Waals surface area contributed by atoms with Gasteiger partial charge in [-0.2, -0.15) is 0 Å². The molecule has 0 radical (unpaired) electrons. The van der Waals surface area contributed by atoms with Gasteiger partial charge in [-0.15, -0.1) is 5.10 Å². The molecule has 0 saturated heterocycles. The number of halogens is 1. The Morgan fingerprint density at radius 1 is 1.00 bits per heavy atom. The molecule has 0 aliphatic rings. The SMILES string of the molecule is NCc1nnn(-c2ccc(F)cc2)c1-c1ccccc1. The van der Waals surface area contributed by atoms with Gasteiger partial charge in [-0.05, 0) is 24.3 Å². The molecule has 0 aliphatic heterocycles. The van der Waals surface area contributed by atoms with E-state index < -0.39 is 0 Å². The monoisotopic (exact) mass is 268 g/mol. The Hall–Kier alpha value is -2.53. The van der Waals surface area contributed by atoms with Crippen LogP contribution in [0.5, 0.6) is 0 Å². The number of nitrogens with two attached hydrogens (primary N) is 1. The van der Waals surface area contributed by atoms with E-state index in [4.69, 9.17) is 5.73 Å². The van der Waals surface area contributed by atoms with Gasteiger partial charge in [0, 0.05) is 12.1 Å². The van der Waals surface area contributed by atoms with Gasteiger partial charge >= 0.3 is 0 Å². The van der Waals surface area contributed by atoms with Gasteiger partial charge in [0.2, 0.25) is 0 Å². The zero-order valence-corrected chi connectivity index (χ0v) is 10.7. The molecule has 0 spiro atoms. The largest absolute Gasteiger partial charge is 0.325 e. The van der Waals surface area contributed by atoms with Crippen molar-refractivity contribution < 1.29 is 4.39 Å². The van der Waals surface area contributed by atoms with Gasteiger partial charge in [-0.3, -0.25) is 0 Å². The first-order chi connectivity index (χ1) is 9.79. The van der Waals surface area contributed by atoms with E-state index in [2.05, 4.69) is 10.3 Å². The quantitative estimate of drug-likeness (QED) is 0.794. The van der Waals surface area contributed by atoms with Crippen LogP contribution in [0.4, 0.5) is 4.39 Å². The Morgan fingerprint density at radius 3 is 2.35 bits per heavy atom. The highest BCUT2D eigenvalue weighted by molar-refractivity contribution is 5.64. The molecule has 3 aromatic rings. The summed E-state index contributed by atoms with van der Waals surface area (Å²) in [6, 6.07) is 15.9. The highest BCUT2D eigenvalue weighted by Gasteiger charge is 2.14. The minimum atomic E-state index is -0.283. The lowest BCUT2D eigenvalue weighted by molar-refractivity contribution is 0.627. The smallest absolute Gasteiger partial charge is 0.123 e. The Kier molecular flexibility index (Phi) is 3.26. The summed E-state index contributed by atoms with van der Waals surface area (Å²) in [6.45, 7) is 0.297. The minimum absolute atomic E-state index is 0.283. The average Bonchev–Trinajstić information content (AvgIpc) is 2.93. The topological polar surface area (TPSA) is 56.7 Å². The van der Waals surface area contributed by atoms with Crippen LogP contribution in [-0.2, 0) is 6.54 Å². The van der Waals surface area contributed by atoms with Gasteiger partial charge in [0.1, 0.15) is 11.5 Å². The molecule has 2 N–H and O–H groups in total. The third-order valence-corrected chi connectivity index (χ3v) is 3.05. The number of benzene rings is 2. The van der Waals surface area contributed by atoms with Crippen LogP contribution in [0.3, 0.4) is 0 Å². The van der Waals surface area contributed by atoms with Crippen LogP contribution in [0.1, 0.15) is 5.69 Å². The maximum absolute atomic E-state index is 13.0. The molecule has 1 heterocycles. The van der Waals surface area contributed by atoms with E-state index in [1.54, 1.807) is 16.8 Å². The number of aromatic nitrogens is 3. The second-order valence-electron chi connectivity index (χ2n) is 4.34. The number of rotatable bonds is 3. The molecule has 100 valence electrons. The lowest BCUT2D eigenvalue weighted by atomic mass is 10.1. The third kappa shape index (κ3) is 2.19. The molecule has 3 rings (SSSR count). The molecular formula is C15H13FN4. The standard InChI is InChI=1S/C15H13FN4/c16-12-6-8-13(9-7-12)20-15(14(10-17)18-19-20)11-4-2-1-3-5-11/h1-9H,10,17H2. The van der Waals surface area contributed by atoms with E-state index in [0.717, 1.165) is 16.9 Å². The summed E-state index contributed by atoms with van der Waals surface area (Å²) in [5.41, 5.74) is 8.99. The molecule has 0 fully saturated rings. The van der Waals surface area contributed by atoms with Crippen molar-refractivity contribution in [2.75, 3.05) is 0 Å². The Bertz CT molecular complexity index is 704. The lowest BCUT2D eigenvalue weighted by Crippen LogP contribution is -2.02. The Labute approximate surface area is 115 Å². The number of hydrogen-bond donors (Lipinski definition) is 1. The summed E-state index contributed by atoms with van der Waals surface area (Å²) >= 11 is 0. The summed E-state index contributed by atoms with van der Waals surface area (Å²) in [4.78, 5) is 0. The van der Waals surface area contributed by atoms with Crippen molar-refractivity contribution in [1.82, 2.24) is 15.0 Å². The average molecular weight is 268 g/mol. The summed E-state index contributed by atoms with van der Waals surface area (Å²) in [5, 5.41) is 8.23. The van der Waals surface area contributed by atoms with Crippen molar-refractivity contribution in [2.24, 2.45) is 5.73 Å². The fourth-order valence-electron chi connectivity index (χ4n) is 2.10. The van der Waals surface area contributed by atoms with E-state index in [1.165, 1.54) is 12.1 Å². The van der Waals surface area contributed by atoms with Crippen LogP contribution in [0, 0.1) is 5.82 Å². The normalized spacial score (nSPS) is 10.7. The third-order valence-electron chi connectivity index (χ3n) is 3.05. The van der Waals surface area contributed by atoms with Crippen LogP contribution in [0.2, 0.25) is 0 Å². The highest BCUT2D eigenvalue weighted by atomic mass is 19.1. The molecule has 2 aromatic carbocycles. The maximum Gasteiger partial charge on any atom is 0.123 e. The number of nitrogens with zero attached hydrogens (tertiary/aromatic N) is 3. The van der Waals surface area contributed by atoms with E-state index in [0.29, 0.717) is 12.2 Å². The van der Waals surface area contributed by atoms with Crippen LogP contribution in [0.15, 0.2) is 54.6 Å². The molecule has 1 aromatic heterocycles. The van der Waals surface area contributed by atoms with Crippen molar-refractivity contribution in [3.8, 4) is 16.9 Å². The van der Waals surface area contributed by atoms with Crippen LogP contribution < -0.4 is 5.73 Å². The van der Waals surface area contributed by atoms with Gasteiger partial charge in [0.25, 0.3) is 0 Å². The molecule has 4 nitrogen and oxygen atoms in total. The molecule has 0 unspecified atom stereocenters. The molecule has 0 saturated carbocycles. The van der Waals surface area contributed by atoms with Gasteiger partial charge in [-0.1, -0.05) is 35.5 Å². The molecule has 0 aliphatic carbocycles. The minimum Gasteiger partial charge on any atom is -0.325 e. The molecule has 5 heteroatoms. The van der Waals surface area contributed by atoms with E-state index in [-0.39, 0.29) is 5.82 Å². The maximum atomic E-state index is 13.0. The highest BCUT2D eigenvalue weighted by Crippen LogP contribution is 2.24. The Balaban J connectivity index is 2.17. The predicted octanol–water partition coefficient (Wildman–Crippen LogP) is 2.53. The van der Waals surface area contributed by atoms with Gasteiger partial charge in [0.15, 0.2) is 0 Å². The van der Waals surface area contributed by atoms with Crippen molar-refractivity contribution in [1.29, 1.82) is 0 Å². The predicted molar refractivity (Wildman–Crippen MR) is 74.6 cm³/mol.